The number of ether oxygens (including phenoxy) is 3. The van der Waals surface area contributed by atoms with Gasteiger partial charge in [-0.1, -0.05) is 17.7 Å². The van der Waals surface area contributed by atoms with Gasteiger partial charge in [0.1, 0.15) is 24.6 Å². The van der Waals surface area contributed by atoms with Gasteiger partial charge < -0.3 is 29.3 Å². The topological polar surface area (TPSA) is 71.4 Å². The molecule has 6 nitrogen and oxygen atoms in total. The number of fused-ring (bicyclic) bond motifs is 2. The fourth-order valence-electron chi connectivity index (χ4n) is 4.82. The summed E-state index contributed by atoms with van der Waals surface area (Å²) in [6.07, 6.45) is 1.23. The van der Waals surface area contributed by atoms with Crippen LogP contribution in [0.4, 0.5) is 0 Å². The maximum atomic E-state index is 10.8. The fraction of sp³-hybridized carbons (Fsp3) is 0.500. The first kappa shape index (κ1) is 19.7. The molecule has 3 aliphatic rings. The summed E-state index contributed by atoms with van der Waals surface area (Å²) in [6.45, 7) is 5.35. The third kappa shape index (κ3) is 3.75. The fourth-order valence-corrected chi connectivity index (χ4v) is 4.82. The molecule has 1 saturated heterocycles. The van der Waals surface area contributed by atoms with Crippen molar-refractivity contribution in [3.8, 4) is 17.2 Å². The van der Waals surface area contributed by atoms with E-state index in [1.807, 2.05) is 43.3 Å². The van der Waals surface area contributed by atoms with Gasteiger partial charge in [0.15, 0.2) is 11.5 Å². The summed E-state index contributed by atoms with van der Waals surface area (Å²) in [4.78, 5) is 2.27. The van der Waals surface area contributed by atoms with E-state index in [9.17, 15) is 10.2 Å². The van der Waals surface area contributed by atoms with Gasteiger partial charge in [-0.15, -0.1) is 0 Å². The number of aliphatic hydroxyl groups is 2. The molecule has 160 valence electrons. The summed E-state index contributed by atoms with van der Waals surface area (Å²) in [5, 5.41) is 21.5. The SMILES string of the molecule is Cc1ccc2c(c1)[C@@H](O)CC1(CCN(C[C@@H](O)c3ccc4c(c3)OCCO4)CC1)O2. The zero-order valence-electron chi connectivity index (χ0n) is 17.3. The number of β-amino-alcohol motifs (C(OH)–C–C–N with tert-alkyl or cyclic N) is 1. The number of hydrogen-bond acceptors (Lipinski definition) is 6. The molecule has 1 fully saturated rings. The zero-order valence-corrected chi connectivity index (χ0v) is 17.3. The number of rotatable bonds is 3. The molecule has 0 radical (unpaired) electrons. The standard InChI is InChI=1S/C24H29NO5/c1-16-2-4-21-18(12-16)19(26)14-24(30-21)6-8-25(9-7-24)15-20(27)17-3-5-22-23(13-17)29-11-10-28-22/h2-5,12-13,19-20,26-27H,6-11,14-15H2,1H3/t19-,20+/m0/s1. The average molecular weight is 411 g/mol. The quantitative estimate of drug-likeness (QED) is 0.809. The molecule has 0 unspecified atom stereocenters. The molecule has 0 aliphatic carbocycles. The molecule has 0 aromatic heterocycles. The molecule has 2 atom stereocenters. The smallest absolute Gasteiger partial charge is 0.161 e. The Kier molecular flexibility index (Phi) is 5.09. The largest absolute Gasteiger partial charge is 0.487 e. The summed E-state index contributed by atoms with van der Waals surface area (Å²) in [7, 11) is 0. The molecule has 0 saturated carbocycles. The van der Waals surface area contributed by atoms with E-state index >= 15 is 0 Å². The van der Waals surface area contributed by atoms with Gasteiger partial charge in [-0.25, -0.2) is 0 Å². The van der Waals surface area contributed by atoms with Crippen LogP contribution in [0.2, 0.25) is 0 Å². The van der Waals surface area contributed by atoms with Crippen LogP contribution >= 0.6 is 0 Å². The Labute approximate surface area is 177 Å². The molecule has 1 spiro atoms. The monoisotopic (exact) mass is 411 g/mol. The zero-order chi connectivity index (χ0) is 20.7. The van der Waals surface area contributed by atoms with Crippen LogP contribution in [0.15, 0.2) is 36.4 Å². The summed E-state index contributed by atoms with van der Waals surface area (Å²) < 4.78 is 17.6. The second kappa shape index (κ2) is 7.76. The van der Waals surface area contributed by atoms with E-state index < -0.39 is 12.2 Å². The molecule has 6 heteroatoms. The third-order valence-electron chi connectivity index (χ3n) is 6.57. The van der Waals surface area contributed by atoms with Crippen LogP contribution in [0.25, 0.3) is 0 Å². The van der Waals surface area contributed by atoms with Crippen molar-refractivity contribution in [2.75, 3.05) is 32.8 Å². The van der Waals surface area contributed by atoms with Gasteiger partial charge in [0.25, 0.3) is 0 Å². The van der Waals surface area contributed by atoms with Crippen LogP contribution in [-0.2, 0) is 0 Å². The molecule has 2 aromatic rings. The van der Waals surface area contributed by atoms with Crippen molar-refractivity contribution in [2.24, 2.45) is 0 Å². The molecule has 0 bridgehead atoms. The lowest BCUT2D eigenvalue weighted by Crippen LogP contribution is -2.51. The Bertz CT molecular complexity index is 922. The maximum Gasteiger partial charge on any atom is 0.161 e. The third-order valence-corrected chi connectivity index (χ3v) is 6.57. The Morgan fingerprint density at radius 2 is 1.77 bits per heavy atom. The Morgan fingerprint density at radius 3 is 2.57 bits per heavy atom. The molecule has 5 rings (SSSR count). The van der Waals surface area contributed by atoms with Crippen molar-refractivity contribution in [3.63, 3.8) is 0 Å². The predicted molar refractivity (Wildman–Crippen MR) is 112 cm³/mol. The van der Waals surface area contributed by atoms with E-state index in [0.29, 0.717) is 31.9 Å². The Balaban J connectivity index is 1.22. The minimum absolute atomic E-state index is 0.319. The molecular formula is C24H29NO5. The van der Waals surface area contributed by atoms with Gasteiger partial charge in [-0.05, 0) is 49.6 Å². The number of aryl methyl sites for hydroxylation is 1. The highest BCUT2D eigenvalue weighted by Gasteiger charge is 2.43. The van der Waals surface area contributed by atoms with Crippen LogP contribution in [0.3, 0.4) is 0 Å². The highest BCUT2D eigenvalue weighted by atomic mass is 16.6. The average Bonchev–Trinajstić information content (AvgIpc) is 2.76. The van der Waals surface area contributed by atoms with Gasteiger partial charge in [0, 0.05) is 31.6 Å². The predicted octanol–water partition coefficient (Wildman–Crippen LogP) is 3.15. The van der Waals surface area contributed by atoms with Crippen molar-refractivity contribution in [3.05, 3.63) is 53.1 Å². The normalized spacial score (nSPS) is 23.5. The first-order valence-corrected chi connectivity index (χ1v) is 10.8. The van der Waals surface area contributed by atoms with E-state index in [0.717, 1.165) is 54.1 Å². The van der Waals surface area contributed by atoms with E-state index in [2.05, 4.69) is 4.90 Å². The van der Waals surface area contributed by atoms with Crippen molar-refractivity contribution >= 4 is 0 Å². The molecule has 30 heavy (non-hydrogen) atoms. The molecule has 2 N–H and O–H groups in total. The molecule has 0 amide bonds. The second-order valence-electron chi connectivity index (χ2n) is 8.77. The first-order chi connectivity index (χ1) is 14.5. The molecular weight excluding hydrogens is 382 g/mol. The van der Waals surface area contributed by atoms with Gasteiger partial charge >= 0.3 is 0 Å². The summed E-state index contributed by atoms with van der Waals surface area (Å²) >= 11 is 0. The van der Waals surface area contributed by atoms with Crippen LogP contribution < -0.4 is 14.2 Å². The van der Waals surface area contributed by atoms with Crippen LogP contribution in [0.1, 0.15) is 48.2 Å². The lowest BCUT2D eigenvalue weighted by molar-refractivity contribution is -0.0588. The highest BCUT2D eigenvalue weighted by Crippen LogP contribution is 2.44. The van der Waals surface area contributed by atoms with Crippen LogP contribution in [-0.4, -0.2) is 53.6 Å². The molecule has 3 heterocycles. The maximum absolute atomic E-state index is 10.8. The highest BCUT2D eigenvalue weighted by molar-refractivity contribution is 5.44. The van der Waals surface area contributed by atoms with E-state index in [1.54, 1.807) is 0 Å². The molecule has 2 aromatic carbocycles. The van der Waals surface area contributed by atoms with E-state index in [4.69, 9.17) is 14.2 Å². The van der Waals surface area contributed by atoms with E-state index in [1.165, 1.54) is 0 Å². The lowest BCUT2D eigenvalue weighted by Gasteiger charge is -2.46. The number of benzene rings is 2. The van der Waals surface area contributed by atoms with Crippen molar-refractivity contribution in [1.82, 2.24) is 4.90 Å². The second-order valence-corrected chi connectivity index (χ2v) is 8.77. The minimum Gasteiger partial charge on any atom is -0.487 e. The molecule has 3 aliphatic heterocycles. The van der Waals surface area contributed by atoms with Crippen LogP contribution in [0, 0.1) is 6.92 Å². The van der Waals surface area contributed by atoms with Gasteiger partial charge in [0.05, 0.1) is 12.2 Å². The van der Waals surface area contributed by atoms with Gasteiger partial charge in [-0.3, -0.25) is 0 Å². The number of nitrogens with zero attached hydrogens (tertiary/aromatic N) is 1. The number of aliphatic hydroxyl groups excluding tert-OH is 2. The van der Waals surface area contributed by atoms with Gasteiger partial charge in [-0.2, -0.15) is 0 Å². The van der Waals surface area contributed by atoms with Crippen molar-refractivity contribution < 1.29 is 24.4 Å². The van der Waals surface area contributed by atoms with Crippen molar-refractivity contribution in [1.29, 1.82) is 0 Å². The number of hydrogen-bond donors (Lipinski definition) is 2. The first-order valence-electron chi connectivity index (χ1n) is 10.8. The summed E-state index contributed by atoms with van der Waals surface area (Å²) in [5.74, 6) is 2.25. The lowest BCUT2D eigenvalue weighted by atomic mass is 9.81. The summed E-state index contributed by atoms with van der Waals surface area (Å²) in [6, 6.07) is 11.7. The number of likely N-dealkylation sites (tertiary alicyclic amines) is 1. The van der Waals surface area contributed by atoms with Crippen molar-refractivity contribution in [2.45, 2.75) is 44.0 Å². The Morgan fingerprint density at radius 1 is 1.03 bits per heavy atom. The minimum atomic E-state index is -0.587. The summed E-state index contributed by atoms with van der Waals surface area (Å²) in [5.41, 5.74) is 2.56. The van der Waals surface area contributed by atoms with E-state index in [-0.39, 0.29) is 5.60 Å². The van der Waals surface area contributed by atoms with Crippen LogP contribution in [0.5, 0.6) is 17.2 Å². The Hall–Kier alpha value is -2.28. The van der Waals surface area contributed by atoms with Gasteiger partial charge in [0.2, 0.25) is 0 Å². The number of piperidine rings is 1.